The monoisotopic (exact) mass is 627 g/mol. The number of amides is 2. The number of aryl methyl sites for hydroxylation is 2. The highest BCUT2D eigenvalue weighted by molar-refractivity contribution is 8.32. The molecule has 1 unspecified atom stereocenters. The molecule has 44 heavy (non-hydrogen) atoms. The van der Waals surface area contributed by atoms with Crippen molar-refractivity contribution in [1.82, 2.24) is 29.9 Å². The Morgan fingerprint density at radius 2 is 1.80 bits per heavy atom. The standard InChI is InChI=1S/C32H46FN7O3S/c1-7-24-27(20(3)38-40(24)19-43-17-18-44(4,5)6)23-13-14-26(35-30(23)33)36-32(42)29(28(21-9-10-21)22-11-12-22)37-31(41)25-15-16-34-39(25)8-2/h13-16,21-22,28-29H,7-12,17-19H2,1-6H3,(H,37,41)(H,35,36,42). The van der Waals surface area contributed by atoms with Gasteiger partial charge in [0.25, 0.3) is 5.91 Å². The van der Waals surface area contributed by atoms with Crippen LogP contribution >= 0.6 is 10.0 Å². The van der Waals surface area contributed by atoms with Crippen molar-refractivity contribution in [3.05, 3.63) is 47.4 Å². The highest BCUT2D eigenvalue weighted by Crippen LogP contribution is 2.51. The lowest BCUT2D eigenvalue weighted by molar-refractivity contribution is -0.119. The molecule has 0 radical (unpaired) electrons. The molecule has 2 amide bonds. The fraction of sp³-hybridized carbons (Fsp3) is 0.594. The summed E-state index contributed by atoms with van der Waals surface area (Å²) in [5.41, 5.74) is 2.99. The van der Waals surface area contributed by atoms with E-state index < -0.39 is 22.0 Å². The number of rotatable bonds is 15. The summed E-state index contributed by atoms with van der Waals surface area (Å²) in [6, 6.07) is 4.16. The van der Waals surface area contributed by atoms with Crippen molar-refractivity contribution in [1.29, 1.82) is 0 Å². The first-order chi connectivity index (χ1) is 21.0. The van der Waals surface area contributed by atoms with Crippen molar-refractivity contribution < 1.29 is 18.7 Å². The van der Waals surface area contributed by atoms with Gasteiger partial charge in [0, 0.05) is 35.3 Å². The molecule has 0 bridgehead atoms. The molecule has 2 aliphatic carbocycles. The number of anilines is 1. The number of carbonyl (C=O) groups excluding carboxylic acids is 2. The normalized spacial score (nSPS) is 16.3. The van der Waals surface area contributed by atoms with Gasteiger partial charge in [-0.3, -0.25) is 14.3 Å². The molecule has 3 aromatic rings. The number of ether oxygens (including phenoxy) is 1. The maximum absolute atomic E-state index is 15.6. The first kappa shape index (κ1) is 32.2. The van der Waals surface area contributed by atoms with E-state index in [4.69, 9.17) is 4.74 Å². The minimum atomic E-state index is -0.751. The summed E-state index contributed by atoms with van der Waals surface area (Å²) in [6.45, 7) is 7.26. The molecule has 2 N–H and O–H groups in total. The van der Waals surface area contributed by atoms with Crippen LogP contribution in [0.15, 0.2) is 24.4 Å². The lowest BCUT2D eigenvalue weighted by atomic mass is 9.88. The van der Waals surface area contributed by atoms with E-state index in [1.54, 1.807) is 33.8 Å². The van der Waals surface area contributed by atoms with Crippen LogP contribution in [0.5, 0.6) is 0 Å². The summed E-state index contributed by atoms with van der Waals surface area (Å²) < 4.78 is 25.0. The smallest absolute Gasteiger partial charge is 0.270 e. The zero-order valence-electron chi connectivity index (χ0n) is 26.7. The second kappa shape index (κ2) is 13.4. The highest BCUT2D eigenvalue weighted by Gasteiger charge is 2.48. The van der Waals surface area contributed by atoms with Gasteiger partial charge in [0.15, 0.2) is 0 Å². The number of nitrogens with one attached hydrogen (secondary N) is 2. The predicted octanol–water partition coefficient (Wildman–Crippen LogP) is 5.01. The third-order valence-corrected chi connectivity index (χ3v) is 9.92. The Kier molecular flexibility index (Phi) is 9.79. The van der Waals surface area contributed by atoms with Gasteiger partial charge in [-0.1, -0.05) is 6.92 Å². The molecule has 0 saturated heterocycles. The van der Waals surface area contributed by atoms with Gasteiger partial charge in [0.1, 0.15) is 24.3 Å². The van der Waals surface area contributed by atoms with E-state index in [0.29, 0.717) is 60.7 Å². The van der Waals surface area contributed by atoms with E-state index in [0.717, 1.165) is 37.1 Å². The van der Waals surface area contributed by atoms with Crippen LogP contribution < -0.4 is 10.6 Å². The van der Waals surface area contributed by atoms with Gasteiger partial charge >= 0.3 is 0 Å². The van der Waals surface area contributed by atoms with Crippen LogP contribution in [-0.4, -0.2) is 73.5 Å². The third-order valence-electron chi connectivity index (χ3n) is 8.53. The Bertz CT molecular complexity index is 1480. The second-order valence-electron chi connectivity index (χ2n) is 12.9. The molecule has 5 rings (SSSR count). The van der Waals surface area contributed by atoms with Gasteiger partial charge in [0.2, 0.25) is 11.9 Å². The van der Waals surface area contributed by atoms with Gasteiger partial charge in [0.05, 0.1) is 12.3 Å². The molecule has 12 heteroatoms. The van der Waals surface area contributed by atoms with Crippen molar-refractivity contribution in [2.45, 2.75) is 72.2 Å². The van der Waals surface area contributed by atoms with Crippen molar-refractivity contribution in [3.8, 4) is 11.1 Å². The molecule has 240 valence electrons. The lowest BCUT2D eigenvalue weighted by Gasteiger charge is -2.27. The first-order valence-electron chi connectivity index (χ1n) is 15.6. The van der Waals surface area contributed by atoms with Crippen LogP contribution in [0.4, 0.5) is 10.2 Å². The molecule has 10 nitrogen and oxygen atoms in total. The summed E-state index contributed by atoms with van der Waals surface area (Å²) in [6.07, 6.45) is 13.2. The fourth-order valence-electron chi connectivity index (χ4n) is 6.02. The van der Waals surface area contributed by atoms with E-state index in [2.05, 4.69) is 44.6 Å². The van der Waals surface area contributed by atoms with Crippen molar-refractivity contribution in [2.24, 2.45) is 17.8 Å². The Labute approximate surface area is 260 Å². The number of halogens is 1. The molecule has 3 aromatic heterocycles. The van der Waals surface area contributed by atoms with Crippen LogP contribution in [-0.2, 0) is 29.2 Å². The van der Waals surface area contributed by atoms with E-state index in [1.165, 1.54) is 0 Å². The van der Waals surface area contributed by atoms with Gasteiger partial charge in [-0.25, -0.2) is 19.7 Å². The molecule has 3 heterocycles. The Morgan fingerprint density at radius 1 is 1.09 bits per heavy atom. The zero-order chi connectivity index (χ0) is 31.6. The van der Waals surface area contributed by atoms with E-state index in [-0.39, 0.29) is 23.6 Å². The van der Waals surface area contributed by atoms with Gasteiger partial charge in [-0.05, 0) is 101 Å². The maximum atomic E-state index is 15.6. The third kappa shape index (κ3) is 7.51. The lowest BCUT2D eigenvalue weighted by Crippen LogP contribution is -2.50. The fourth-order valence-corrected chi connectivity index (χ4v) is 6.64. The molecule has 1 atom stereocenters. The molecule has 0 aromatic carbocycles. The molecule has 0 aliphatic heterocycles. The number of pyridine rings is 1. The van der Waals surface area contributed by atoms with Crippen LogP contribution in [0.1, 0.15) is 61.4 Å². The highest BCUT2D eigenvalue weighted by atomic mass is 32.3. The van der Waals surface area contributed by atoms with Crippen LogP contribution in [0.3, 0.4) is 0 Å². The van der Waals surface area contributed by atoms with Gasteiger partial charge in [-0.2, -0.15) is 14.6 Å². The van der Waals surface area contributed by atoms with E-state index >= 15 is 4.39 Å². The van der Waals surface area contributed by atoms with Crippen LogP contribution in [0, 0.1) is 30.6 Å². The van der Waals surface area contributed by atoms with Crippen LogP contribution in [0.2, 0.25) is 0 Å². The minimum absolute atomic E-state index is 0.0358. The largest absolute Gasteiger partial charge is 0.358 e. The van der Waals surface area contributed by atoms with Crippen molar-refractivity contribution in [3.63, 3.8) is 0 Å². The quantitative estimate of drug-likeness (QED) is 0.181. The summed E-state index contributed by atoms with van der Waals surface area (Å²) in [4.78, 5) is 31.2. The summed E-state index contributed by atoms with van der Waals surface area (Å²) in [5.74, 6) is 0.531. The second-order valence-corrected chi connectivity index (χ2v) is 17.4. The predicted molar refractivity (Wildman–Crippen MR) is 172 cm³/mol. The Balaban J connectivity index is 1.33. The van der Waals surface area contributed by atoms with Crippen LogP contribution in [0.25, 0.3) is 11.1 Å². The molecular formula is C32H46FN7O3S. The average molecular weight is 628 g/mol. The summed E-state index contributed by atoms with van der Waals surface area (Å²) >= 11 is 0. The zero-order valence-corrected chi connectivity index (χ0v) is 27.5. The Morgan fingerprint density at radius 3 is 2.39 bits per heavy atom. The number of hydrogen-bond acceptors (Lipinski definition) is 6. The number of aromatic nitrogens is 5. The summed E-state index contributed by atoms with van der Waals surface area (Å²) in [5, 5.41) is 14.7. The SMILES string of the molecule is CCc1c(-c2ccc(NC(=O)C(NC(=O)c3ccnn3CC)C(C3CC3)C3CC3)nc2F)c(C)nn1COCCS(C)(C)C. The van der Waals surface area contributed by atoms with Crippen molar-refractivity contribution >= 4 is 27.7 Å². The van der Waals surface area contributed by atoms with E-state index in [9.17, 15) is 9.59 Å². The molecular weight excluding hydrogens is 581 g/mol. The minimum Gasteiger partial charge on any atom is -0.358 e. The maximum Gasteiger partial charge on any atom is 0.270 e. The molecule has 0 spiro atoms. The number of nitrogens with zero attached hydrogens (tertiary/aromatic N) is 5. The van der Waals surface area contributed by atoms with Gasteiger partial charge in [-0.15, -0.1) is 0 Å². The number of hydrogen-bond donors (Lipinski definition) is 2. The van der Waals surface area contributed by atoms with Crippen molar-refractivity contribution in [2.75, 3.05) is 36.4 Å². The van der Waals surface area contributed by atoms with Gasteiger partial charge < -0.3 is 15.4 Å². The number of carbonyl (C=O) groups is 2. The molecule has 2 fully saturated rings. The Hall–Kier alpha value is -3.25. The molecule has 2 saturated carbocycles. The summed E-state index contributed by atoms with van der Waals surface area (Å²) in [7, 11) is -0.658. The van der Waals surface area contributed by atoms with E-state index in [1.807, 2.05) is 20.8 Å². The topological polar surface area (TPSA) is 116 Å². The average Bonchev–Trinajstić information content (AvgIpc) is 3.91. The first-order valence-corrected chi connectivity index (χ1v) is 18.6. The molecule has 2 aliphatic rings.